The van der Waals surface area contributed by atoms with Crippen molar-refractivity contribution in [3.05, 3.63) is 114 Å². The number of carbonyl (C=O) groups is 1. The van der Waals surface area contributed by atoms with Crippen LogP contribution in [0.15, 0.2) is 75.7 Å². The highest BCUT2D eigenvalue weighted by molar-refractivity contribution is 7.07. The zero-order chi connectivity index (χ0) is 26.3. The second-order valence-electron chi connectivity index (χ2n) is 9.16. The maximum atomic E-state index is 13.9. The molecule has 0 unspecified atom stereocenters. The van der Waals surface area contributed by atoms with E-state index in [-0.39, 0.29) is 11.5 Å². The van der Waals surface area contributed by atoms with Gasteiger partial charge in [-0.3, -0.25) is 18.8 Å². The van der Waals surface area contributed by atoms with Crippen LogP contribution in [-0.4, -0.2) is 20.3 Å². The van der Waals surface area contributed by atoms with E-state index in [9.17, 15) is 9.59 Å². The van der Waals surface area contributed by atoms with Gasteiger partial charge in [0, 0.05) is 23.5 Å². The van der Waals surface area contributed by atoms with E-state index in [1.54, 1.807) is 4.57 Å². The first kappa shape index (κ1) is 24.6. The number of nitrogens with one attached hydrogen (secondary N) is 1. The van der Waals surface area contributed by atoms with Crippen LogP contribution in [-0.2, 0) is 11.3 Å². The lowest BCUT2D eigenvalue weighted by atomic mass is 9.95. The maximum Gasteiger partial charge on any atom is 0.271 e. The summed E-state index contributed by atoms with van der Waals surface area (Å²) in [5.41, 5.74) is 6.26. The lowest BCUT2D eigenvalue weighted by molar-refractivity contribution is -0.113. The fourth-order valence-corrected chi connectivity index (χ4v) is 5.85. The Morgan fingerprint density at radius 1 is 1.05 bits per heavy atom. The van der Waals surface area contributed by atoms with Gasteiger partial charge in [-0.1, -0.05) is 59.9 Å². The van der Waals surface area contributed by atoms with Crippen molar-refractivity contribution in [1.29, 1.82) is 0 Å². The van der Waals surface area contributed by atoms with Crippen molar-refractivity contribution in [2.24, 2.45) is 4.99 Å². The lowest BCUT2D eigenvalue weighted by Gasteiger charge is -2.25. The van der Waals surface area contributed by atoms with Crippen molar-refractivity contribution in [3.63, 3.8) is 0 Å². The monoisotopic (exact) mass is 511 g/mol. The molecule has 1 aliphatic heterocycles. The van der Waals surface area contributed by atoms with Crippen molar-refractivity contribution in [2.45, 2.75) is 47.2 Å². The zero-order valence-electron chi connectivity index (χ0n) is 21.6. The molecule has 7 nitrogen and oxygen atoms in total. The minimum atomic E-state index is -0.593. The zero-order valence-corrected chi connectivity index (χ0v) is 22.4. The Bertz CT molecular complexity index is 1720. The van der Waals surface area contributed by atoms with Crippen LogP contribution in [0.1, 0.15) is 48.0 Å². The Kier molecular flexibility index (Phi) is 6.52. The molecule has 1 aliphatic rings. The molecule has 5 rings (SSSR count). The predicted octanol–water partition coefficient (Wildman–Crippen LogP) is 4.02. The first-order valence-electron chi connectivity index (χ1n) is 12.3. The molecule has 0 fully saturated rings. The molecule has 0 aliphatic carbocycles. The molecule has 8 heteroatoms. The van der Waals surface area contributed by atoms with Crippen LogP contribution in [0, 0.1) is 20.8 Å². The Hall–Kier alpha value is -4.04. The van der Waals surface area contributed by atoms with Gasteiger partial charge in [0.1, 0.15) is 0 Å². The van der Waals surface area contributed by atoms with E-state index < -0.39 is 6.04 Å². The van der Waals surface area contributed by atoms with Crippen molar-refractivity contribution in [1.82, 2.24) is 14.3 Å². The minimum Gasteiger partial charge on any atom is -0.322 e. The van der Waals surface area contributed by atoms with Crippen LogP contribution in [0.2, 0.25) is 0 Å². The lowest BCUT2D eigenvalue weighted by Crippen LogP contribution is -2.40. The number of nitrogens with zero attached hydrogens (tertiary/aromatic N) is 4. The minimum absolute atomic E-state index is 0.172. The number of para-hydroxylation sites is 1. The SMILES string of the molecule is CCn1nc(C)c(/C=c2/sc3n(c2=O)[C@H](c2ccccc2)C(C(=O)Nc2ccccc2C)=C(C)N=3)c1C. The number of carbonyl (C=O) groups excluding carboxylic acids is 1. The van der Waals surface area contributed by atoms with Crippen molar-refractivity contribution < 1.29 is 4.79 Å². The van der Waals surface area contributed by atoms with Gasteiger partial charge < -0.3 is 5.32 Å². The average Bonchev–Trinajstić information content (AvgIpc) is 3.34. The standard InChI is InChI=1S/C29H29N5O2S/c1-6-33-20(5)22(18(3)32-33)16-24-28(36)34-26(21-13-8-7-9-14-21)25(19(4)30-29(34)37-24)27(35)31-23-15-11-10-12-17(23)2/h7-16,26H,6H2,1-5H3,(H,31,35)/b24-16+/t26-/m1/s1. The number of amides is 1. The normalized spacial score (nSPS) is 15.5. The van der Waals surface area contributed by atoms with Crippen LogP contribution in [0.4, 0.5) is 5.69 Å². The molecule has 188 valence electrons. The molecule has 1 amide bonds. The summed E-state index contributed by atoms with van der Waals surface area (Å²) in [4.78, 5) is 32.9. The highest BCUT2D eigenvalue weighted by Crippen LogP contribution is 2.31. The Labute approximate surface area is 219 Å². The fourth-order valence-electron chi connectivity index (χ4n) is 4.82. The molecule has 0 radical (unpaired) electrons. The third kappa shape index (κ3) is 4.38. The third-order valence-electron chi connectivity index (χ3n) is 6.79. The van der Waals surface area contributed by atoms with Crippen LogP contribution < -0.4 is 20.2 Å². The molecule has 2 aromatic heterocycles. The molecule has 0 saturated carbocycles. The second-order valence-corrected chi connectivity index (χ2v) is 10.2. The van der Waals surface area contributed by atoms with Crippen molar-refractivity contribution >= 4 is 29.0 Å². The number of benzene rings is 2. The summed E-state index contributed by atoms with van der Waals surface area (Å²) in [7, 11) is 0. The van der Waals surface area contributed by atoms with Crippen LogP contribution in [0.5, 0.6) is 0 Å². The van der Waals surface area contributed by atoms with E-state index in [0.29, 0.717) is 20.6 Å². The third-order valence-corrected chi connectivity index (χ3v) is 7.77. The quantitative estimate of drug-likeness (QED) is 0.440. The first-order valence-corrected chi connectivity index (χ1v) is 13.1. The molecule has 0 spiro atoms. The summed E-state index contributed by atoms with van der Waals surface area (Å²) in [6.45, 7) is 10.5. The number of thiazole rings is 1. The van der Waals surface area contributed by atoms with E-state index in [1.807, 2.05) is 100.0 Å². The van der Waals surface area contributed by atoms with E-state index in [4.69, 9.17) is 4.99 Å². The highest BCUT2D eigenvalue weighted by atomic mass is 32.1. The Balaban J connectivity index is 1.68. The highest BCUT2D eigenvalue weighted by Gasteiger charge is 2.32. The van der Waals surface area contributed by atoms with E-state index in [2.05, 4.69) is 10.4 Å². The number of rotatable bonds is 5. The maximum absolute atomic E-state index is 13.9. The fraction of sp³-hybridized carbons (Fsp3) is 0.241. The summed E-state index contributed by atoms with van der Waals surface area (Å²) in [6, 6.07) is 16.7. The molecule has 0 bridgehead atoms. The number of fused-ring (bicyclic) bond motifs is 1. The summed E-state index contributed by atoms with van der Waals surface area (Å²) in [6.07, 6.45) is 1.90. The molecule has 0 saturated heterocycles. The molecule has 37 heavy (non-hydrogen) atoms. The van der Waals surface area contributed by atoms with Gasteiger partial charge in [-0.25, -0.2) is 4.99 Å². The van der Waals surface area contributed by atoms with Gasteiger partial charge in [-0.15, -0.1) is 0 Å². The number of aromatic nitrogens is 3. The van der Waals surface area contributed by atoms with Gasteiger partial charge in [-0.2, -0.15) is 5.10 Å². The topological polar surface area (TPSA) is 81.3 Å². The van der Waals surface area contributed by atoms with Crippen molar-refractivity contribution in [2.75, 3.05) is 5.32 Å². The van der Waals surface area contributed by atoms with Crippen LogP contribution >= 0.6 is 11.3 Å². The summed E-state index contributed by atoms with van der Waals surface area (Å²) < 4.78 is 4.15. The number of allylic oxidation sites excluding steroid dienone is 1. The summed E-state index contributed by atoms with van der Waals surface area (Å²) in [5.74, 6) is -0.269. The van der Waals surface area contributed by atoms with Gasteiger partial charge in [0.2, 0.25) is 0 Å². The van der Waals surface area contributed by atoms with Crippen LogP contribution in [0.25, 0.3) is 6.08 Å². The molecule has 1 atom stereocenters. The second kappa shape index (κ2) is 9.78. The van der Waals surface area contributed by atoms with E-state index in [1.165, 1.54) is 11.3 Å². The molecule has 2 aromatic carbocycles. The van der Waals surface area contributed by atoms with Gasteiger partial charge in [0.25, 0.3) is 11.5 Å². The van der Waals surface area contributed by atoms with Gasteiger partial charge in [0.15, 0.2) is 4.80 Å². The molecular weight excluding hydrogens is 482 g/mol. The van der Waals surface area contributed by atoms with Gasteiger partial charge in [0.05, 0.1) is 27.5 Å². The number of anilines is 1. The molecule has 3 heterocycles. The Morgan fingerprint density at radius 3 is 2.43 bits per heavy atom. The first-order chi connectivity index (χ1) is 17.8. The van der Waals surface area contributed by atoms with E-state index >= 15 is 0 Å². The van der Waals surface area contributed by atoms with Crippen molar-refractivity contribution in [3.8, 4) is 0 Å². The molecular formula is C29H29N5O2S. The smallest absolute Gasteiger partial charge is 0.271 e. The molecule has 4 aromatic rings. The van der Waals surface area contributed by atoms with Gasteiger partial charge >= 0.3 is 0 Å². The molecule has 1 N–H and O–H groups in total. The summed E-state index contributed by atoms with van der Waals surface area (Å²) in [5, 5.41) is 7.63. The average molecular weight is 512 g/mol. The number of hydrogen-bond donors (Lipinski definition) is 1. The van der Waals surface area contributed by atoms with Crippen LogP contribution in [0.3, 0.4) is 0 Å². The van der Waals surface area contributed by atoms with Gasteiger partial charge in [-0.05, 0) is 57.9 Å². The number of aryl methyl sites for hydroxylation is 3. The number of hydrogen-bond acceptors (Lipinski definition) is 5. The van der Waals surface area contributed by atoms with E-state index in [0.717, 1.165) is 40.3 Å². The Morgan fingerprint density at radius 2 is 1.76 bits per heavy atom. The predicted molar refractivity (Wildman–Crippen MR) is 147 cm³/mol. The summed E-state index contributed by atoms with van der Waals surface area (Å²) >= 11 is 1.34. The largest absolute Gasteiger partial charge is 0.322 e.